The first kappa shape index (κ1) is 19.4. The molecule has 2 N–H and O–H groups in total. The maximum atomic E-state index is 5.41. The summed E-state index contributed by atoms with van der Waals surface area (Å²) in [4.78, 5) is 13.2. The summed E-state index contributed by atoms with van der Waals surface area (Å²) >= 11 is 0. The Morgan fingerprint density at radius 2 is 2.07 bits per heavy atom. The summed E-state index contributed by atoms with van der Waals surface area (Å²) < 4.78 is 7.28. The molecule has 28 heavy (non-hydrogen) atoms. The lowest BCUT2D eigenvalue weighted by atomic mass is 10.1. The van der Waals surface area contributed by atoms with Gasteiger partial charge in [-0.2, -0.15) is 0 Å². The molecule has 0 aliphatic rings. The molecule has 7 heteroatoms. The second kappa shape index (κ2) is 10.1. The third kappa shape index (κ3) is 5.33. The molecule has 0 saturated carbocycles. The van der Waals surface area contributed by atoms with Crippen LogP contribution < -0.4 is 15.4 Å². The third-order valence-electron chi connectivity index (χ3n) is 4.22. The number of rotatable bonds is 8. The van der Waals surface area contributed by atoms with Crippen LogP contribution in [-0.4, -0.2) is 40.7 Å². The van der Waals surface area contributed by atoms with E-state index in [-0.39, 0.29) is 0 Å². The van der Waals surface area contributed by atoms with Gasteiger partial charge in [0.2, 0.25) is 0 Å². The van der Waals surface area contributed by atoms with Gasteiger partial charge in [0.25, 0.3) is 0 Å². The van der Waals surface area contributed by atoms with E-state index in [0.717, 1.165) is 42.6 Å². The Balaban J connectivity index is 1.56. The maximum Gasteiger partial charge on any atom is 0.191 e. The zero-order chi connectivity index (χ0) is 19.6. The van der Waals surface area contributed by atoms with Gasteiger partial charge in [0, 0.05) is 31.7 Å². The highest BCUT2D eigenvalue weighted by Gasteiger charge is 2.03. The van der Waals surface area contributed by atoms with Gasteiger partial charge in [-0.3, -0.25) is 4.57 Å². The minimum Gasteiger partial charge on any atom is -0.496 e. The van der Waals surface area contributed by atoms with Gasteiger partial charge >= 0.3 is 0 Å². The van der Waals surface area contributed by atoms with E-state index >= 15 is 0 Å². The van der Waals surface area contributed by atoms with Crippen LogP contribution in [0, 0.1) is 0 Å². The standard InChI is InChI=1S/C21H26N6O/c1-3-23-21(24-11-10-18-6-4-5-7-19(18)28-2)26-15-17-8-9-20(25-14-17)27-13-12-22-16-27/h4-9,12-14,16H,3,10-11,15H2,1-2H3,(H2,23,24,26). The van der Waals surface area contributed by atoms with Crippen molar-refractivity contribution in [2.45, 2.75) is 19.9 Å². The number of hydrogen-bond donors (Lipinski definition) is 2. The number of methoxy groups -OCH3 is 1. The molecular formula is C21H26N6O. The highest BCUT2D eigenvalue weighted by Crippen LogP contribution is 2.17. The second-order valence-electron chi connectivity index (χ2n) is 6.18. The Kier molecular flexibility index (Phi) is 7.01. The van der Waals surface area contributed by atoms with Gasteiger partial charge in [-0.1, -0.05) is 24.3 Å². The fourth-order valence-electron chi connectivity index (χ4n) is 2.79. The molecule has 146 valence electrons. The molecule has 2 heterocycles. The summed E-state index contributed by atoms with van der Waals surface area (Å²) in [6, 6.07) is 12.1. The van der Waals surface area contributed by atoms with E-state index in [9.17, 15) is 0 Å². The van der Waals surface area contributed by atoms with Crippen LogP contribution in [-0.2, 0) is 13.0 Å². The summed E-state index contributed by atoms with van der Waals surface area (Å²) in [6.07, 6.45) is 8.04. The molecule has 0 bridgehead atoms. The Hall–Kier alpha value is -3.35. The number of ether oxygens (including phenoxy) is 1. The van der Waals surface area contributed by atoms with Crippen molar-refractivity contribution in [3.63, 3.8) is 0 Å². The SMILES string of the molecule is CCNC(=NCc1ccc(-n2ccnc2)nc1)NCCc1ccccc1OC. The lowest BCUT2D eigenvalue weighted by Gasteiger charge is -2.12. The van der Waals surface area contributed by atoms with E-state index in [1.54, 1.807) is 19.6 Å². The number of para-hydroxylation sites is 1. The van der Waals surface area contributed by atoms with Crippen LogP contribution in [0.4, 0.5) is 0 Å². The number of guanidine groups is 1. The van der Waals surface area contributed by atoms with Gasteiger partial charge in [0.15, 0.2) is 5.96 Å². The van der Waals surface area contributed by atoms with Crippen molar-refractivity contribution in [1.82, 2.24) is 25.2 Å². The maximum absolute atomic E-state index is 5.41. The zero-order valence-electron chi connectivity index (χ0n) is 16.3. The lowest BCUT2D eigenvalue weighted by Crippen LogP contribution is -2.38. The highest BCUT2D eigenvalue weighted by molar-refractivity contribution is 5.79. The molecule has 0 radical (unpaired) electrons. The number of aromatic nitrogens is 3. The van der Waals surface area contributed by atoms with Crippen LogP contribution in [0.5, 0.6) is 5.75 Å². The van der Waals surface area contributed by atoms with Crippen molar-refractivity contribution in [3.8, 4) is 11.6 Å². The smallest absolute Gasteiger partial charge is 0.191 e. The Labute approximate surface area is 165 Å². The molecule has 0 atom stereocenters. The van der Waals surface area contributed by atoms with Crippen LogP contribution >= 0.6 is 0 Å². The Bertz CT molecular complexity index is 874. The van der Waals surface area contributed by atoms with Gasteiger partial charge < -0.3 is 15.4 Å². The molecule has 0 spiro atoms. The van der Waals surface area contributed by atoms with E-state index in [0.29, 0.717) is 6.54 Å². The number of imidazole rings is 1. The fourth-order valence-corrected chi connectivity index (χ4v) is 2.79. The largest absolute Gasteiger partial charge is 0.496 e. The van der Waals surface area contributed by atoms with Crippen LogP contribution in [0.1, 0.15) is 18.1 Å². The summed E-state index contributed by atoms with van der Waals surface area (Å²) in [7, 11) is 1.70. The molecule has 0 amide bonds. The van der Waals surface area contributed by atoms with Crippen molar-refractivity contribution in [1.29, 1.82) is 0 Å². The van der Waals surface area contributed by atoms with E-state index in [4.69, 9.17) is 4.74 Å². The second-order valence-corrected chi connectivity index (χ2v) is 6.18. The van der Waals surface area contributed by atoms with Gasteiger partial charge in [-0.05, 0) is 36.6 Å². The quantitative estimate of drug-likeness (QED) is 0.465. The first-order chi connectivity index (χ1) is 13.8. The first-order valence-electron chi connectivity index (χ1n) is 9.37. The molecule has 3 aromatic rings. The molecule has 3 rings (SSSR count). The molecule has 0 aliphatic heterocycles. The molecule has 0 aliphatic carbocycles. The van der Waals surface area contributed by atoms with Crippen LogP contribution in [0.2, 0.25) is 0 Å². The monoisotopic (exact) mass is 378 g/mol. The normalized spacial score (nSPS) is 11.3. The van der Waals surface area contributed by atoms with Crippen molar-refractivity contribution in [2.24, 2.45) is 4.99 Å². The predicted molar refractivity (Wildman–Crippen MR) is 111 cm³/mol. The predicted octanol–water partition coefficient (Wildman–Crippen LogP) is 2.57. The van der Waals surface area contributed by atoms with Crippen molar-refractivity contribution in [3.05, 3.63) is 72.4 Å². The number of hydrogen-bond acceptors (Lipinski definition) is 4. The average Bonchev–Trinajstić information content (AvgIpc) is 3.27. The summed E-state index contributed by atoms with van der Waals surface area (Å²) in [5, 5.41) is 6.65. The summed E-state index contributed by atoms with van der Waals surface area (Å²) in [6.45, 7) is 4.18. The summed E-state index contributed by atoms with van der Waals surface area (Å²) in [5.74, 6) is 2.54. The molecule has 0 saturated heterocycles. The Morgan fingerprint density at radius 1 is 1.18 bits per heavy atom. The lowest BCUT2D eigenvalue weighted by molar-refractivity contribution is 0.409. The van der Waals surface area contributed by atoms with Gasteiger partial charge in [0.05, 0.1) is 13.7 Å². The van der Waals surface area contributed by atoms with E-state index in [1.807, 2.05) is 47.3 Å². The van der Waals surface area contributed by atoms with Crippen molar-refractivity contribution in [2.75, 3.05) is 20.2 Å². The first-order valence-corrected chi connectivity index (χ1v) is 9.37. The molecular weight excluding hydrogens is 352 g/mol. The summed E-state index contributed by atoms with van der Waals surface area (Å²) in [5.41, 5.74) is 2.22. The molecule has 1 aromatic carbocycles. The topological polar surface area (TPSA) is 76.4 Å². The number of benzene rings is 1. The highest BCUT2D eigenvalue weighted by atomic mass is 16.5. The fraction of sp³-hybridized carbons (Fsp3) is 0.286. The Morgan fingerprint density at radius 3 is 2.79 bits per heavy atom. The van der Waals surface area contributed by atoms with Gasteiger partial charge in [-0.25, -0.2) is 15.0 Å². The van der Waals surface area contributed by atoms with E-state index in [2.05, 4.69) is 38.6 Å². The van der Waals surface area contributed by atoms with Gasteiger partial charge in [-0.15, -0.1) is 0 Å². The van der Waals surface area contributed by atoms with Crippen LogP contribution in [0.3, 0.4) is 0 Å². The third-order valence-corrected chi connectivity index (χ3v) is 4.22. The number of nitrogens with zero attached hydrogens (tertiary/aromatic N) is 4. The minimum absolute atomic E-state index is 0.557. The zero-order valence-corrected chi connectivity index (χ0v) is 16.3. The molecule has 0 unspecified atom stereocenters. The molecule has 2 aromatic heterocycles. The minimum atomic E-state index is 0.557. The average molecular weight is 378 g/mol. The number of pyridine rings is 1. The van der Waals surface area contributed by atoms with Crippen molar-refractivity contribution < 1.29 is 4.74 Å². The van der Waals surface area contributed by atoms with Crippen molar-refractivity contribution >= 4 is 5.96 Å². The van der Waals surface area contributed by atoms with Crippen LogP contribution in [0.25, 0.3) is 5.82 Å². The molecule has 7 nitrogen and oxygen atoms in total. The van der Waals surface area contributed by atoms with E-state index in [1.165, 1.54) is 5.56 Å². The van der Waals surface area contributed by atoms with Crippen LogP contribution in [0.15, 0.2) is 66.3 Å². The van der Waals surface area contributed by atoms with Gasteiger partial charge in [0.1, 0.15) is 17.9 Å². The number of nitrogens with one attached hydrogen (secondary N) is 2. The van der Waals surface area contributed by atoms with E-state index < -0.39 is 0 Å². The number of aliphatic imine (C=N–C) groups is 1. The molecule has 0 fully saturated rings.